The average molecular weight is 392 g/mol. The van der Waals surface area contributed by atoms with Crippen LogP contribution in [0.2, 0.25) is 0 Å². The first kappa shape index (κ1) is 16.5. The zero-order valence-corrected chi connectivity index (χ0v) is 15.0. The van der Waals surface area contributed by atoms with Crippen molar-refractivity contribution in [2.45, 2.75) is 26.3 Å². The fourth-order valence-electron chi connectivity index (χ4n) is 2.77. The van der Waals surface area contributed by atoms with E-state index in [9.17, 15) is 4.79 Å². The summed E-state index contributed by atoms with van der Waals surface area (Å²) in [6.45, 7) is 4.42. The highest BCUT2D eigenvalue weighted by atomic mass is 79.9. The smallest absolute Gasteiger partial charge is 0.248 e. The molecule has 1 atom stereocenters. The van der Waals surface area contributed by atoms with Crippen LogP contribution >= 0.6 is 15.9 Å². The van der Waals surface area contributed by atoms with E-state index in [-0.39, 0.29) is 0 Å². The maximum Gasteiger partial charge on any atom is 0.248 e. The maximum absolute atomic E-state index is 12.1. The number of nitrogens with one attached hydrogen (secondary N) is 1. The number of fused-ring (bicyclic) bond motifs is 1. The number of allylic oxidation sites excluding steroid dienone is 1. The molecule has 0 saturated carbocycles. The molecule has 0 unspecified atom stereocenters. The average Bonchev–Trinajstić information content (AvgIpc) is 2.99. The van der Waals surface area contributed by atoms with Crippen molar-refractivity contribution in [2.24, 2.45) is 5.73 Å². The van der Waals surface area contributed by atoms with Crippen molar-refractivity contribution in [3.8, 4) is 5.75 Å². The molecule has 3 N–H and O–H groups in total. The number of rotatable bonds is 5. The molecule has 126 valence electrons. The van der Waals surface area contributed by atoms with Crippen molar-refractivity contribution in [3.05, 3.63) is 45.8 Å². The van der Waals surface area contributed by atoms with E-state index in [4.69, 9.17) is 10.5 Å². The Morgan fingerprint density at radius 3 is 3.00 bits per heavy atom. The molecule has 3 rings (SSSR count). The van der Waals surface area contributed by atoms with Gasteiger partial charge in [0.15, 0.2) is 0 Å². The van der Waals surface area contributed by atoms with Crippen LogP contribution in [-0.4, -0.2) is 27.3 Å². The molecule has 1 amide bonds. The van der Waals surface area contributed by atoms with Gasteiger partial charge in [-0.15, -0.1) is 0 Å². The molecule has 1 aliphatic heterocycles. The van der Waals surface area contributed by atoms with Crippen molar-refractivity contribution in [1.29, 1.82) is 0 Å². The van der Waals surface area contributed by atoms with Gasteiger partial charge in [0.05, 0.1) is 12.2 Å². The third-order valence-corrected chi connectivity index (χ3v) is 4.28. The summed E-state index contributed by atoms with van der Waals surface area (Å²) in [6, 6.07) is 5.20. The summed E-state index contributed by atoms with van der Waals surface area (Å²) in [5.41, 5.74) is 7.55. The van der Waals surface area contributed by atoms with E-state index in [1.165, 1.54) is 6.33 Å². The molecule has 1 aromatic carbocycles. The summed E-state index contributed by atoms with van der Waals surface area (Å²) >= 11 is 3.49. The Balaban J connectivity index is 2.19. The second-order valence-corrected chi connectivity index (χ2v) is 6.40. The summed E-state index contributed by atoms with van der Waals surface area (Å²) in [4.78, 5) is 16.3. The topological polar surface area (TPSA) is 95.1 Å². The molecular weight excluding hydrogens is 374 g/mol. The van der Waals surface area contributed by atoms with Crippen LogP contribution in [0.5, 0.6) is 5.75 Å². The molecule has 0 bridgehead atoms. The Hall–Kier alpha value is -2.35. The molecular formula is C16H18BrN5O2. The Morgan fingerprint density at radius 1 is 1.50 bits per heavy atom. The van der Waals surface area contributed by atoms with Crippen LogP contribution in [0.1, 0.15) is 31.9 Å². The number of ether oxygens (including phenoxy) is 1. The zero-order valence-electron chi connectivity index (χ0n) is 13.4. The van der Waals surface area contributed by atoms with E-state index in [1.807, 2.05) is 25.1 Å². The van der Waals surface area contributed by atoms with E-state index < -0.39 is 11.9 Å². The molecule has 0 saturated heterocycles. The lowest BCUT2D eigenvalue weighted by Gasteiger charge is -2.29. The van der Waals surface area contributed by atoms with Gasteiger partial charge in [0.1, 0.15) is 18.1 Å². The van der Waals surface area contributed by atoms with Gasteiger partial charge in [0.25, 0.3) is 0 Å². The third kappa shape index (κ3) is 2.89. The minimum absolute atomic E-state index is 0.437. The number of anilines is 1. The Kier molecular flexibility index (Phi) is 4.57. The largest absolute Gasteiger partial charge is 0.493 e. The van der Waals surface area contributed by atoms with Crippen LogP contribution in [0, 0.1) is 0 Å². The molecule has 1 aliphatic rings. The van der Waals surface area contributed by atoms with Gasteiger partial charge in [-0.1, -0.05) is 22.9 Å². The quantitative estimate of drug-likeness (QED) is 0.816. The number of primary amides is 1. The Bertz CT molecular complexity index is 815. The predicted molar refractivity (Wildman–Crippen MR) is 93.6 cm³/mol. The number of hydrogen-bond donors (Lipinski definition) is 2. The summed E-state index contributed by atoms with van der Waals surface area (Å²) in [6.07, 6.45) is 2.32. The molecule has 2 heterocycles. The van der Waals surface area contributed by atoms with Crippen LogP contribution < -0.4 is 15.8 Å². The highest BCUT2D eigenvalue weighted by molar-refractivity contribution is 9.10. The number of amides is 1. The number of benzene rings is 1. The minimum Gasteiger partial charge on any atom is -0.493 e. The number of carbonyl (C=O) groups excluding carboxylic acids is 1. The number of nitrogens with zero attached hydrogens (tertiary/aromatic N) is 3. The summed E-state index contributed by atoms with van der Waals surface area (Å²) in [7, 11) is 0. The van der Waals surface area contributed by atoms with Crippen LogP contribution in [0.15, 0.2) is 40.3 Å². The number of hydrogen-bond acceptors (Lipinski definition) is 5. The van der Waals surface area contributed by atoms with Gasteiger partial charge >= 0.3 is 0 Å². The van der Waals surface area contributed by atoms with Crippen molar-refractivity contribution < 1.29 is 9.53 Å². The normalized spacial score (nSPS) is 16.5. The van der Waals surface area contributed by atoms with Gasteiger partial charge in [-0.3, -0.25) is 4.79 Å². The van der Waals surface area contributed by atoms with E-state index in [0.717, 1.165) is 16.5 Å². The van der Waals surface area contributed by atoms with E-state index in [1.54, 1.807) is 11.6 Å². The highest BCUT2D eigenvalue weighted by Crippen LogP contribution is 2.39. The zero-order chi connectivity index (χ0) is 17.3. The van der Waals surface area contributed by atoms with Crippen molar-refractivity contribution >= 4 is 27.8 Å². The Morgan fingerprint density at radius 2 is 2.29 bits per heavy atom. The summed E-state index contributed by atoms with van der Waals surface area (Å²) < 4.78 is 8.40. The summed E-state index contributed by atoms with van der Waals surface area (Å²) in [5, 5.41) is 7.33. The first-order chi connectivity index (χ1) is 11.5. The van der Waals surface area contributed by atoms with Crippen molar-refractivity contribution in [3.63, 3.8) is 0 Å². The van der Waals surface area contributed by atoms with Crippen molar-refractivity contribution in [1.82, 2.24) is 14.8 Å². The van der Waals surface area contributed by atoms with Crippen LogP contribution in [-0.2, 0) is 4.79 Å². The fraction of sp³-hybridized carbons (Fsp3) is 0.312. The SMILES string of the molecule is CCCOc1ccc(Br)cc1[C@@H]1C(C(N)=O)=C(C)Nc2ncnn21. The molecule has 2 aromatic rings. The van der Waals surface area contributed by atoms with Crippen LogP contribution in [0.3, 0.4) is 0 Å². The monoisotopic (exact) mass is 391 g/mol. The van der Waals surface area contributed by atoms with E-state index >= 15 is 0 Å². The number of halogens is 1. The van der Waals surface area contributed by atoms with Crippen LogP contribution in [0.4, 0.5) is 5.95 Å². The summed E-state index contributed by atoms with van der Waals surface area (Å²) in [5.74, 6) is 0.747. The van der Waals surface area contributed by atoms with Gasteiger partial charge in [-0.05, 0) is 31.5 Å². The minimum atomic E-state index is -0.507. The second-order valence-electron chi connectivity index (χ2n) is 5.49. The lowest BCUT2D eigenvalue weighted by Crippen LogP contribution is -2.32. The van der Waals surface area contributed by atoms with Crippen LogP contribution in [0.25, 0.3) is 0 Å². The molecule has 0 spiro atoms. The maximum atomic E-state index is 12.1. The van der Waals surface area contributed by atoms with Gasteiger partial charge in [-0.2, -0.15) is 10.1 Å². The molecule has 0 radical (unpaired) electrons. The standard InChI is InChI=1S/C16H18BrN5O2/c1-3-6-24-12-5-4-10(17)7-11(12)14-13(15(18)23)9(2)21-16-19-8-20-22(14)16/h4-5,7-8,14H,3,6H2,1-2H3,(H2,18,23)(H,19,20,21)/t14-/m1/s1. The second kappa shape index (κ2) is 6.64. The number of carbonyl (C=O) groups is 1. The van der Waals surface area contributed by atoms with Crippen molar-refractivity contribution in [2.75, 3.05) is 11.9 Å². The van der Waals surface area contributed by atoms with Gasteiger partial charge in [0.2, 0.25) is 11.9 Å². The molecule has 0 aliphatic carbocycles. The Labute approximate surface area is 148 Å². The first-order valence-corrected chi connectivity index (χ1v) is 8.41. The molecule has 8 heteroatoms. The van der Waals surface area contributed by atoms with E-state index in [0.29, 0.717) is 29.6 Å². The first-order valence-electron chi connectivity index (χ1n) is 7.62. The van der Waals surface area contributed by atoms with Gasteiger partial charge in [0, 0.05) is 15.7 Å². The van der Waals surface area contributed by atoms with Gasteiger partial charge < -0.3 is 15.8 Å². The fourth-order valence-corrected chi connectivity index (χ4v) is 3.15. The van der Waals surface area contributed by atoms with E-state index in [2.05, 4.69) is 31.3 Å². The predicted octanol–water partition coefficient (Wildman–Crippen LogP) is 2.60. The third-order valence-electron chi connectivity index (χ3n) is 3.79. The number of aromatic nitrogens is 3. The van der Waals surface area contributed by atoms with Gasteiger partial charge in [-0.25, -0.2) is 4.68 Å². The lowest BCUT2D eigenvalue weighted by molar-refractivity contribution is -0.115. The molecule has 1 aromatic heterocycles. The number of nitrogens with two attached hydrogens (primary N) is 1. The lowest BCUT2D eigenvalue weighted by atomic mass is 9.94. The molecule has 7 nitrogen and oxygen atoms in total. The highest BCUT2D eigenvalue weighted by Gasteiger charge is 2.34. The molecule has 0 fully saturated rings. The molecule has 24 heavy (non-hydrogen) atoms.